The number of aliphatic hydroxyl groups is 2. The fourth-order valence-electron chi connectivity index (χ4n) is 3.38. The Hall–Kier alpha value is -1.98. The first kappa shape index (κ1) is 22.3. The number of aromatic nitrogens is 3. The van der Waals surface area contributed by atoms with Crippen molar-refractivity contribution in [3.05, 3.63) is 18.1 Å². The van der Waals surface area contributed by atoms with E-state index < -0.39 is 36.3 Å². The van der Waals surface area contributed by atoms with E-state index in [2.05, 4.69) is 20.3 Å². The summed E-state index contributed by atoms with van der Waals surface area (Å²) in [6.07, 6.45) is 1.29. The van der Waals surface area contributed by atoms with Crippen LogP contribution in [0.15, 0.2) is 12.5 Å². The van der Waals surface area contributed by atoms with Crippen LogP contribution in [0, 0.1) is 5.92 Å². The topological polar surface area (TPSA) is 172 Å². The van der Waals surface area contributed by atoms with Crippen LogP contribution in [0.25, 0.3) is 11.0 Å². The molecule has 0 saturated carbocycles. The highest BCUT2D eigenvalue weighted by Crippen LogP contribution is 2.32. The van der Waals surface area contributed by atoms with Gasteiger partial charge in [-0.1, -0.05) is 13.8 Å². The van der Waals surface area contributed by atoms with Crippen LogP contribution in [-0.4, -0.2) is 62.0 Å². The van der Waals surface area contributed by atoms with Crippen LogP contribution in [0.5, 0.6) is 0 Å². The molecular formula is C17H27ClN6O4. The minimum atomic E-state index is -1.12. The molecule has 0 aromatic carbocycles. The van der Waals surface area contributed by atoms with Crippen molar-refractivity contribution in [2.45, 2.75) is 50.6 Å². The molecule has 3 rings (SSSR count). The molecule has 1 aliphatic rings. The molecule has 11 heteroatoms. The summed E-state index contributed by atoms with van der Waals surface area (Å²) in [5.74, 6) is 0.0393. The molecule has 0 aliphatic carbocycles. The number of nitrogens with two attached hydrogens (primary N) is 2. The first-order valence-electron chi connectivity index (χ1n) is 8.91. The Morgan fingerprint density at radius 3 is 2.71 bits per heavy atom. The monoisotopic (exact) mass is 414 g/mol. The van der Waals surface area contributed by atoms with E-state index >= 15 is 0 Å². The van der Waals surface area contributed by atoms with Crippen LogP contribution in [0.4, 0.5) is 5.82 Å². The van der Waals surface area contributed by atoms with E-state index in [4.69, 9.17) is 16.2 Å². The molecular weight excluding hydrogens is 388 g/mol. The lowest BCUT2D eigenvalue weighted by Gasteiger charge is -2.18. The zero-order valence-corrected chi connectivity index (χ0v) is 16.5. The molecule has 2 aromatic rings. The number of halogens is 1. The SMILES string of the molecule is CC(C)CC(N)C(=O)OC[C@H]1N[C@@H](c2c[nH]c3c(N)ncnc23)[C@H](O)[C@@H]1O.Cl. The highest BCUT2D eigenvalue weighted by molar-refractivity contribution is 5.87. The number of carbonyl (C=O) groups excluding carboxylic acids is 1. The highest BCUT2D eigenvalue weighted by atomic mass is 35.5. The molecule has 3 heterocycles. The van der Waals surface area contributed by atoms with E-state index in [0.29, 0.717) is 28.8 Å². The zero-order chi connectivity index (χ0) is 19.7. The van der Waals surface area contributed by atoms with Gasteiger partial charge in [0.15, 0.2) is 5.82 Å². The minimum Gasteiger partial charge on any atom is -0.463 e. The number of H-pyrrole nitrogens is 1. The van der Waals surface area contributed by atoms with Crippen LogP contribution in [0.2, 0.25) is 0 Å². The number of hydrogen-bond donors (Lipinski definition) is 6. The Morgan fingerprint density at radius 2 is 2.04 bits per heavy atom. The lowest BCUT2D eigenvalue weighted by Crippen LogP contribution is -2.41. The maximum absolute atomic E-state index is 12.0. The summed E-state index contributed by atoms with van der Waals surface area (Å²) < 4.78 is 5.23. The average Bonchev–Trinajstić information content (AvgIpc) is 3.16. The molecule has 8 N–H and O–H groups in total. The quantitative estimate of drug-likeness (QED) is 0.344. The highest BCUT2D eigenvalue weighted by Gasteiger charge is 2.43. The van der Waals surface area contributed by atoms with Gasteiger partial charge >= 0.3 is 5.97 Å². The van der Waals surface area contributed by atoms with Crippen molar-refractivity contribution in [2.24, 2.45) is 11.7 Å². The number of aromatic amines is 1. The van der Waals surface area contributed by atoms with Gasteiger partial charge in [-0.05, 0) is 12.3 Å². The first-order chi connectivity index (χ1) is 12.8. The second-order valence-corrected chi connectivity index (χ2v) is 7.32. The summed E-state index contributed by atoms with van der Waals surface area (Å²) >= 11 is 0. The van der Waals surface area contributed by atoms with Gasteiger partial charge in [-0.3, -0.25) is 10.1 Å². The maximum atomic E-state index is 12.0. The van der Waals surface area contributed by atoms with Gasteiger partial charge in [0.2, 0.25) is 0 Å². The van der Waals surface area contributed by atoms with Crippen molar-refractivity contribution in [1.82, 2.24) is 20.3 Å². The van der Waals surface area contributed by atoms with Crippen LogP contribution in [0.1, 0.15) is 31.9 Å². The molecule has 0 spiro atoms. The van der Waals surface area contributed by atoms with Gasteiger partial charge in [0.05, 0.1) is 17.6 Å². The Balaban J connectivity index is 0.00000280. The van der Waals surface area contributed by atoms with Gasteiger partial charge in [-0.2, -0.15) is 0 Å². The number of nitrogens with one attached hydrogen (secondary N) is 2. The minimum absolute atomic E-state index is 0. The molecule has 10 nitrogen and oxygen atoms in total. The number of nitrogen functional groups attached to an aromatic ring is 1. The molecule has 2 aromatic heterocycles. The van der Waals surface area contributed by atoms with Crippen molar-refractivity contribution in [2.75, 3.05) is 12.3 Å². The number of carbonyl (C=O) groups is 1. The van der Waals surface area contributed by atoms with Gasteiger partial charge in [-0.25, -0.2) is 9.97 Å². The normalized spacial score (nSPS) is 25.6. The number of esters is 1. The van der Waals surface area contributed by atoms with Crippen LogP contribution < -0.4 is 16.8 Å². The number of rotatable bonds is 6. The molecule has 1 unspecified atom stereocenters. The van der Waals surface area contributed by atoms with Gasteiger partial charge in [0.1, 0.15) is 36.7 Å². The third-order valence-electron chi connectivity index (χ3n) is 4.79. The molecule has 0 bridgehead atoms. The maximum Gasteiger partial charge on any atom is 0.322 e. The predicted molar refractivity (Wildman–Crippen MR) is 106 cm³/mol. The van der Waals surface area contributed by atoms with Gasteiger partial charge in [0.25, 0.3) is 0 Å². The molecule has 28 heavy (non-hydrogen) atoms. The molecule has 0 radical (unpaired) electrons. The Morgan fingerprint density at radius 1 is 1.32 bits per heavy atom. The Labute approximate surface area is 168 Å². The second-order valence-electron chi connectivity index (χ2n) is 7.32. The van der Waals surface area contributed by atoms with Crippen molar-refractivity contribution in [3.63, 3.8) is 0 Å². The third-order valence-corrected chi connectivity index (χ3v) is 4.79. The summed E-state index contributed by atoms with van der Waals surface area (Å²) in [6, 6.07) is -1.95. The number of ether oxygens (including phenoxy) is 1. The standard InChI is InChI=1S/C17H26N6O4.ClH/c1-7(2)3-9(18)17(26)27-5-10-14(24)15(25)12(23-10)8-4-20-13-11(8)21-6-22-16(13)19;/h4,6-7,9-10,12,14-15,20,23-25H,3,5,18H2,1-2H3,(H2,19,21,22);1H/t9?,10-,12+,14-,15+;/m1./s1. The third kappa shape index (κ3) is 4.36. The fraction of sp³-hybridized carbons (Fsp3) is 0.588. The van der Waals surface area contributed by atoms with Gasteiger partial charge < -0.3 is 31.4 Å². The van der Waals surface area contributed by atoms with E-state index in [-0.39, 0.29) is 24.9 Å². The fourth-order valence-corrected chi connectivity index (χ4v) is 3.38. The molecule has 156 valence electrons. The van der Waals surface area contributed by atoms with Crippen molar-refractivity contribution >= 4 is 35.2 Å². The van der Waals surface area contributed by atoms with Crippen LogP contribution in [-0.2, 0) is 9.53 Å². The van der Waals surface area contributed by atoms with Crippen LogP contribution >= 0.6 is 12.4 Å². The number of anilines is 1. The molecule has 1 fully saturated rings. The molecule has 1 aliphatic heterocycles. The van der Waals surface area contributed by atoms with E-state index in [1.165, 1.54) is 6.33 Å². The molecule has 0 amide bonds. The summed E-state index contributed by atoms with van der Waals surface area (Å²) in [5.41, 5.74) is 13.4. The summed E-state index contributed by atoms with van der Waals surface area (Å²) in [6.45, 7) is 3.83. The molecule has 5 atom stereocenters. The summed E-state index contributed by atoms with van der Waals surface area (Å²) in [4.78, 5) is 23.1. The summed E-state index contributed by atoms with van der Waals surface area (Å²) in [7, 11) is 0. The van der Waals surface area contributed by atoms with Gasteiger partial charge in [-0.15, -0.1) is 12.4 Å². The molecule has 1 saturated heterocycles. The number of fused-ring (bicyclic) bond motifs is 1. The van der Waals surface area contributed by atoms with Crippen molar-refractivity contribution in [3.8, 4) is 0 Å². The Bertz CT molecular complexity index is 816. The lowest BCUT2D eigenvalue weighted by atomic mass is 10.0. The zero-order valence-electron chi connectivity index (χ0n) is 15.7. The van der Waals surface area contributed by atoms with Crippen molar-refractivity contribution < 1.29 is 19.7 Å². The number of hydrogen-bond acceptors (Lipinski definition) is 9. The van der Waals surface area contributed by atoms with Crippen molar-refractivity contribution in [1.29, 1.82) is 0 Å². The average molecular weight is 415 g/mol. The Kier molecular flexibility index (Phi) is 7.18. The van der Waals surface area contributed by atoms with E-state index in [0.717, 1.165) is 0 Å². The second kappa shape index (κ2) is 9.01. The lowest BCUT2D eigenvalue weighted by molar-refractivity contribution is -0.147. The number of nitrogens with zero attached hydrogens (tertiary/aromatic N) is 2. The van der Waals surface area contributed by atoms with Gasteiger partial charge in [0, 0.05) is 11.8 Å². The summed E-state index contributed by atoms with van der Waals surface area (Å²) in [5, 5.41) is 23.9. The van der Waals surface area contributed by atoms with E-state index in [9.17, 15) is 15.0 Å². The smallest absolute Gasteiger partial charge is 0.322 e. The van der Waals surface area contributed by atoms with Crippen LogP contribution in [0.3, 0.4) is 0 Å². The van der Waals surface area contributed by atoms with E-state index in [1.807, 2.05) is 13.8 Å². The largest absolute Gasteiger partial charge is 0.463 e. The van der Waals surface area contributed by atoms with E-state index in [1.54, 1.807) is 6.20 Å². The first-order valence-corrected chi connectivity index (χ1v) is 8.91. The predicted octanol–water partition coefficient (Wildman–Crippen LogP) is -0.387. The number of aliphatic hydroxyl groups excluding tert-OH is 2.